The van der Waals surface area contributed by atoms with Crippen LogP contribution in [0.2, 0.25) is 0 Å². The van der Waals surface area contributed by atoms with Gasteiger partial charge in [0.05, 0.1) is 0 Å². The third-order valence-corrected chi connectivity index (χ3v) is 3.54. The summed E-state index contributed by atoms with van der Waals surface area (Å²) < 4.78 is 0. The molecule has 0 heterocycles. The highest BCUT2D eigenvalue weighted by atomic mass is 32.1. The van der Waals surface area contributed by atoms with Gasteiger partial charge in [-0.3, -0.25) is 4.90 Å². The van der Waals surface area contributed by atoms with E-state index in [2.05, 4.69) is 30.9 Å². The van der Waals surface area contributed by atoms with Crippen LogP contribution in [0.4, 0.5) is 0 Å². The molecule has 0 unspecified atom stereocenters. The van der Waals surface area contributed by atoms with Gasteiger partial charge in [0.1, 0.15) is 4.99 Å². The molecule has 0 aliphatic heterocycles. The molecule has 2 nitrogen and oxygen atoms in total. The molecule has 0 radical (unpaired) electrons. The van der Waals surface area contributed by atoms with Crippen molar-refractivity contribution < 1.29 is 0 Å². The number of thiocarbonyl (C=S) groups is 1. The molecule has 0 bridgehead atoms. The highest BCUT2D eigenvalue weighted by Gasteiger charge is 2.05. The summed E-state index contributed by atoms with van der Waals surface area (Å²) in [4.78, 5) is 3.02. The maximum Gasteiger partial charge on any atom is 0.103 e. The third kappa shape index (κ3) is 6.17. The second-order valence-electron chi connectivity index (χ2n) is 5.04. The molecular weight excluding hydrogens is 252 g/mol. The molecule has 0 aliphatic rings. The zero-order chi connectivity index (χ0) is 14.1. The topological polar surface area (TPSA) is 29.3 Å². The first-order valence-electron chi connectivity index (χ1n) is 7.28. The SMILES string of the molecule is CCCCN(CCCC)Cc1ccc(C(N)=S)cc1. The summed E-state index contributed by atoms with van der Waals surface area (Å²) in [5, 5.41) is 0. The summed E-state index contributed by atoms with van der Waals surface area (Å²) in [6.07, 6.45) is 5.05. The van der Waals surface area contributed by atoms with E-state index >= 15 is 0 Å². The van der Waals surface area contributed by atoms with Gasteiger partial charge in [-0.15, -0.1) is 0 Å². The van der Waals surface area contributed by atoms with Crippen LogP contribution in [-0.2, 0) is 6.54 Å². The van der Waals surface area contributed by atoms with E-state index in [1.165, 1.54) is 44.3 Å². The van der Waals surface area contributed by atoms with Gasteiger partial charge in [0, 0.05) is 12.1 Å². The fourth-order valence-electron chi connectivity index (χ4n) is 2.07. The van der Waals surface area contributed by atoms with E-state index in [0.717, 1.165) is 12.1 Å². The Balaban J connectivity index is 2.58. The van der Waals surface area contributed by atoms with E-state index in [1.807, 2.05) is 12.1 Å². The van der Waals surface area contributed by atoms with Crippen molar-refractivity contribution in [3.8, 4) is 0 Å². The van der Waals surface area contributed by atoms with Gasteiger partial charge in [0.25, 0.3) is 0 Å². The van der Waals surface area contributed by atoms with Crippen molar-refractivity contribution >= 4 is 17.2 Å². The van der Waals surface area contributed by atoms with E-state index < -0.39 is 0 Å². The fraction of sp³-hybridized carbons (Fsp3) is 0.562. The second-order valence-corrected chi connectivity index (χ2v) is 5.48. The summed E-state index contributed by atoms with van der Waals surface area (Å²) >= 11 is 4.98. The first-order valence-corrected chi connectivity index (χ1v) is 7.69. The monoisotopic (exact) mass is 278 g/mol. The van der Waals surface area contributed by atoms with Crippen LogP contribution in [0.15, 0.2) is 24.3 Å². The highest BCUT2D eigenvalue weighted by Crippen LogP contribution is 2.09. The van der Waals surface area contributed by atoms with Gasteiger partial charge in [-0.25, -0.2) is 0 Å². The lowest BCUT2D eigenvalue weighted by Gasteiger charge is -2.22. The van der Waals surface area contributed by atoms with Crippen LogP contribution in [0.3, 0.4) is 0 Å². The van der Waals surface area contributed by atoms with Crippen LogP contribution in [-0.4, -0.2) is 23.0 Å². The Morgan fingerprint density at radius 3 is 2.00 bits per heavy atom. The molecule has 3 heteroatoms. The second kappa shape index (κ2) is 9.05. The Hall–Kier alpha value is -0.930. The number of nitrogens with zero attached hydrogens (tertiary/aromatic N) is 1. The van der Waals surface area contributed by atoms with E-state index in [9.17, 15) is 0 Å². The first kappa shape index (κ1) is 16.1. The van der Waals surface area contributed by atoms with Crippen molar-refractivity contribution in [2.24, 2.45) is 5.73 Å². The third-order valence-electron chi connectivity index (χ3n) is 3.30. The van der Waals surface area contributed by atoms with Crippen LogP contribution in [0.25, 0.3) is 0 Å². The first-order chi connectivity index (χ1) is 9.17. The van der Waals surface area contributed by atoms with E-state index in [0.29, 0.717) is 4.99 Å². The van der Waals surface area contributed by atoms with Crippen LogP contribution in [0.5, 0.6) is 0 Å². The summed E-state index contributed by atoms with van der Waals surface area (Å²) in [6.45, 7) is 7.89. The molecule has 0 saturated carbocycles. The maximum absolute atomic E-state index is 5.62. The maximum atomic E-state index is 5.62. The zero-order valence-electron chi connectivity index (χ0n) is 12.2. The molecule has 0 fully saturated rings. The van der Waals surface area contributed by atoms with Crippen LogP contribution >= 0.6 is 12.2 Å². The van der Waals surface area contributed by atoms with E-state index in [1.54, 1.807) is 0 Å². The molecule has 19 heavy (non-hydrogen) atoms. The molecule has 1 aromatic carbocycles. The fourth-order valence-corrected chi connectivity index (χ4v) is 2.20. The molecule has 1 rings (SSSR count). The molecule has 2 N–H and O–H groups in total. The quantitative estimate of drug-likeness (QED) is 0.698. The van der Waals surface area contributed by atoms with Crippen molar-refractivity contribution in [2.45, 2.75) is 46.1 Å². The molecule has 0 saturated heterocycles. The lowest BCUT2D eigenvalue weighted by atomic mass is 10.1. The van der Waals surface area contributed by atoms with E-state index in [-0.39, 0.29) is 0 Å². The molecular formula is C16H26N2S. The van der Waals surface area contributed by atoms with Gasteiger partial charge >= 0.3 is 0 Å². The Morgan fingerprint density at radius 2 is 1.58 bits per heavy atom. The average Bonchev–Trinajstić information content (AvgIpc) is 2.42. The lowest BCUT2D eigenvalue weighted by molar-refractivity contribution is 0.257. The molecule has 0 aromatic heterocycles. The Bertz CT molecular complexity index is 365. The van der Waals surface area contributed by atoms with Crippen molar-refractivity contribution in [3.05, 3.63) is 35.4 Å². The van der Waals surface area contributed by atoms with Crippen molar-refractivity contribution in [1.29, 1.82) is 0 Å². The Kier molecular flexibility index (Phi) is 7.68. The van der Waals surface area contributed by atoms with Gasteiger partial charge < -0.3 is 5.73 Å². The summed E-state index contributed by atoms with van der Waals surface area (Å²) in [5.74, 6) is 0. The minimum atomic E-state index is 0.473. The summed E-state index contributed by atoms with van der Waals surface area (Å²) in [7, 11) is 0. The lowest BCUT2D eigenvalue weighted by Crippen LogP contribution is -2.25. The van der Waals surface area contributed by atoms with Crippen molar-refractivity contribution in [3.63, 3.8) is 0 Å². The number of hydrogen-bond acceptors (Lipinski definition) is 2. The number of unbranched alkanes of at least 4 members (excludes halogenated alkanes) is 2. The van der Waals surface area contributed by atoms with Crippen LogP contribution in [0, 0.1) is 0 Å². The Labute approximate surface area is 123 Å². The molecule has 0 aliphatic carbocycles. The van der Waals surface area contributed by atoms with Gasteiger partial charge in [-0.05, 0) is 31.5 Å². The predicted molar refractivity (Wildman–Crippen MR) is 87.4 cm³/mol. The zero-order valence-corrected chi connectivity index (χ0v) is 13.0. The van der Waals surface area contributed by atoms with Crippen molar-refractivity contribution in [2.75, 3.05) is 13.1 Å². The largest absolute Gasteiger partial charge is 0.389 e. The summed E-state index contributed by atoms with van der Waals surface area (Å²) in [5.41, 5.74) is 7.91. The highest BCUT2D eigenvalue weighted by molar-refractivity contribution is 7.80. The minimum Gasteiger partial charge on any atom is -0.389 e. The average molecular weight is 278 g/mol. The molecule has 0 spiro atoms. The van der Waals surface area contributed by atoms with Gasteiger partial charge in [-0.2, -0.15) is 0 Å². The summed E-state index contributed by atoms with van der Waals surface area (Å²) in [6, 6.07) is 8.32. The van der Waals surface area contributed by atoms with Crippen LogP contribution < -0.4 is 5.73 Å². The smallest absolute Gasteiger partial charge is 0.103 e. The van der Waals surface area contributed by atoms with Gasteiger partial charge in [-0.1, -0.05) is 63.2 Å². The van der Waals surface area contributed by atoms with E-state index in [4.69, 9.17) is 18.0 Å². The molecule has 1 aromatic rings. The molecule has 0 atom stereocenters. The predicted octanol–water partition coefficient (Wildman–Crippen LogP) is 3.72. The number of hydrogen-bond donors (Lipinski definition) is 1. The normalized spacial score (nSPS) is 10.9. The number of rotatable bonds is 9. The molecule has 106 valence electrons. The van der Waals surface area contributed by atoms with Gasteiger partial charge in [0.2, 0.25) is 0 Å². The number of benzene rings is 1. The van der Waals surface area contributed by atoms with Gasteiger partial charge in [0.15, 0.2) is 0 Å². The number of nitrogens with two attached hydrogens (primary N) is 1. The standard InChI is InChI=1S/C16H26N2S/c1-3-5-11-18(12-6-4-2)13-14-7-9-15(10-8-14)16(17)19/h7-10H,3-6,11-13H2,1-2H3,(H2,17,19). The van der Waals surface area contributed by atoms with Crippen LogP contribution in [0.1, 0.15) is 50.7 Å². The minimum absolute atomic E-state index is 0.473. The van der Waals surface area contributed by atoms with Crippen molar-refractivity contribution in [1.82, 2.24) is 4.90 Å². The Morgan fingerprint density at radius 1 is 1.05 bits per heavy atom. The molecule has 0 amide bonds.